The number of rotatable bonds is 3. The molecule has 94 valence electrons. The molecule has 1 aromatic heterocycles. The van der Waals surface area contributed by atoms with Gasteiger partial charge in [0.2, 0.25) is 0 Å². The van der Waals surface area contributed by atoms with Crippen molar-refractivity contribution in [2.24, 2.45) is 10.3 Å². The largest absolute Gasteiger partial charge is 0.591 e. The maximum atomic E-state index is 12.0. The topological polar surface area (TPSA) is 48.3 Å². The third-order valence-electron chi connectivity index (χ3n) is 2.18. The molecule has 0 amide bonds. The van der Waals surface area contributed by atoms with Gasteiger partial charge in [-0.3, -0.25) is 4.98 Å². The zero-order valence-corrected chi connectivity index (χ0v) is 11.9. The first kappa shape index (κ1) is 14.2. The normalized spacial score (nSPS) is 15.1. The second-order valence-electron chi connectivity index (χ2n) is 5.21. The minimum absolute atomic E-state index is 0.205. The van der Waals surface area contributed by atoms with Gasteiger partial charge >= 0.3 is 0 Å². The summed E-state index contributed by atoms with van der Waals surface area (Å²) in [5.41, 5.74) is 1.61. The van der Waals surface area contributed by atoms with Crippen LogP contribution < -0.4 is 0 Å². The van der Waals surface area contributed by atoms with E-state index in [1.807, 2.05) is 52.8 Å². The summed E-state index contributed by atoms with van der Waals surface area (Å²) in [6.07, 6.45) is 1.73. The Labute approximate surface area is 107 Å². The fourth-order valence-corrected chi connectivity index (χ4v) is 1.95. The van der Waals surface area contributed by atoms with E-state index in [0.29, 0.717) is 0 Å². The highest BCUT2D eigenvalue weighted by molar-refractivity contribution is 7.91. The van der Waals surface area contributed by atoms with Gasteiger partial charge in [-0.1, -0.05) is 24.3 Å². The highest BCUT2D eigenvalue weighted by Crippen LogP contribution is 2.19. The molecule has 1 heterocycles. The SMILES string of the molecule is CC(C)C(=N[S+]([O-])C(C)(C)C)c1ccccn1. The van der Waals surface area contributed by atoms with Gasteiger partial charge in [0.25, 0.3) is 0 Å². The lowest BCUT2D eigenvalue weighted by Gasteiger charge is -2.20. The second kappa shape index (κ2) is 5.65. The van der Waals surface area contributed by atoms with E-state index in [9.17, 15) is 4.55 Å². The average Bonchev–Trinajstić information content (AvgIpc) is 2.25. The first-order valence-corrected chi connectivity index (χ1v) is 6.85. The molecule has 0 spiro atoms. The summed E-state index contributed by atoms with van der Waals surface area (Å²) in [5.74, 6) is 0.205. The van der Waals surface area contributed by atoms with Crippen LogP contribution in [0.2, 0.25) is 0 Å². The molecule has 0 bridgehead atoms. The van der Waals surface area contributed by atoms with Crippen molar-refractivity contribution in [2.75, 3.05) is 0 Å². The van der Waals surface area contributed by atoms with Crippen molar-refractivity contribution >= 4 is 17.1 Å². The summed E-state index contributed by atoms with van der Waals surface area (Å²) >= 11 is -1.24. The van der Waals surface area contributed by atoms with Gasteiger partial charge < -0.3 is 4.55 Å². The fourth-order valence-electron chi connectivity index (χ4n) is 1.19. The van der Waals surface area contributed by atoms with Crippen molar-refractivity contribution in [2.45, 2.75) is 39.4 Å². The molecule has 0 N–H and O–H groups in total. The van der Waals surface area contributed by atoms with Crippen molar-refractivity contribution in [3.63, 3.8) is 0 Å². The van der Waals surface area contributed by atoms with E-state index in [4.69, 9.17) is 0 Å². The highest BCUT2D eigenvalue weighted by atomic mass is 32.2. The first-order valence-electron chi connectivity index (χ1n) is 5.74. The predicted octanol–water partition coefficient (Wildman–Crippen LogP) is 2.99. The Balaban J connectivity index is 3.07. The van der Waals surface area contributed by atoms with Crippen LogP contribution >= 0.6 is 0 Å². The Morgan fingerprint density at radius 2 is 2.00 bits per heavy atom. The van der Waals surface area contributed by atoms with E-state index in [1.54, 1.807) is 6.20 Å². The molecule has 4 heteroatoms. The molecule has 0 radical (unpaired) electrons. The lowest BCUT2D eigenvalue weighted by Crippen LogP contribution is -2.28. The molecular weight excluding hydrogens is 232 g/mol. The van der Waals surface area contributed by atoms with Gasteiger partial charge in [0.05, 0.1) is 5.69 Å². The fraction of sp³-hybridized carbons (Fsp3) is 0.538. The van der Waals surface area contributed by atoms with Crippen molar-refractivity contribution in [3.8, 4) is 0 Å². The van der Waals surface area contributed by atoms with Crippen molar-refractivity contribution in [1.29, 1.82) is 0 Å². The van der Waals surface area contributed by atoms with Crippen LogP contribution in [0.4, 0.5) is 0 Å². The molecule has 1 atom stereocenters. The van der Waals surface area contributed by atoms with Crippen molar-refractivity contribution in [3.05, 3.63) is 30.1 Å². The summed E-state index contributed by atoms with van der Waals surface area (Å²) in [5, 5.41) is 0. The van der Waals surface area contributed by atoms with E-state index in [2.05, 4.69) is 9.38 Å². The summed E-state index contributed by atoms with van der Waals surface area (Å²) in [7, 11) is 0. The van der Waals surface area contributed by atoms with Gasteiger partial charge in [0.15, 0.2) is 0 Å². The van der Waals surface area contributed by atoms with Crippen LogP contribution in [-0.2, 0) is 11.4 Å². The molecule has 17 heavy (non-hydrogen) atoms. The number of hydrogen-bond donors (Lipinski definition) is 0. The number of aromatic nitrogens is 1. The zero-order chi connectivity index (χ0) is 13.1. The summed E-state index contributed by atoms with van der Waals surface area (Å²) in [6, 6.07) is 5.68. The minimum Gasteiger partial charge on any atom is -0.591 e. The summed E-state index contributed by atoms with van der Waals surface area (Å²) < 4.78 is 16.1. The van der Waals surface area contributed by atoms with Crippen LogP contribution in [0.1, 0.15) is 40.3 Å². The minimum atomic E-state index is -1.24. The molecule has 0 fully saturated rings. The van der Waals surface area contributed by atoms with Crippen LogP contribution in [0.3, 0.4) is 0 Å². The van der Waals surface area contributed by atoms with E-state index >= 15 is 0 Å². The molecule has 0 aliphatic carbocycles. The van der Waals surface area contributed by atoms with Gasteiger partial charge in [-0.15, -0.1) is 0 Å². The molecule has 3 nitrogen and oxygen atoms in total. The molecule has 0 saturated heterocycles. The zero-order valence-electron chi connectivity index (χ0n) is 11.1. The Morgan fingerprint density at radius 1 is 1.35 bits per heavy atom. The maximum Gasteiger partial charge on any atom is 0.144 e. The second-order valence-corrected chi connectivity index (χ2v) is 7.11. The Bertz CT molecular complexity index is 382. The average molecular weight is 252 g/mol. The molecule has 0 aliphatic heterocycles. The van der Waals surface area contributed by atoms with Gasteiger partial charge in [-0.05, 0) is 32.9 Å². The molecule has 1 rings (SSSR count). The van der Waals surface area contributed by atoms with Gasteiger partial charge in [0.1, 0.15) is 21.8 Å². The Morgan fingerprint density at radius 3 is 2.41 bits per heavy atom. The summed E-state index contributed by atoms with van der Waals surface area (Å²) in [4.78, 5) is 4.27. The van der Waals surface area contributed by atoms with Crippen LogP contribution in [0, 0.1) is 5.92 Å². The first-order chi connectivity index (χ1) is 7.82. The number of pyridine rings is 1. The third kappa shape index (κ3) is 4.13. The Kier molecular flexibility index (Phi) is 4.71. The monoisotopic (exact) mass is 252 g/mol. The molecule has 0 aromatic carbocycles. The number of nitrogens with zero attached hydrogens (tertiary/aromatic N) is 2. The van der Waals surface area contributed by atoms with E-state index < -0.39 is 11.4 Å². The van der Waals surface area contributed by atoms with E-state index in [0.717, 1.165) is 11.4 Å². The van der Waals surface area contributed by atoms with Crippen LogP contribution in [0.15, 0.2) is 28.8 Å². The summed E-state index contributed by atoms with van der Waals surface area (Å²) in [6.45, 7) is 9.83. The Hall–Kier alpha value is -0.870. The van der Waals surface area contributed by atoms with Gasteiger partial charge in [0, 0.05) is 12.1 Å². The molecular formula is C13H20N2OS. The number of hydrogen-bond acceptors (Lipinski definition) is 3. The lowest BCUT2D eigenvalue weighted by molar-refractivity contribution is 0.561. The standard InChI is InChI=1S/C13H20N2OS/c1-10(2)12(11-8-6-7-9-14-11)15-17(16)13(3,4)5/h6-10H,1-5H3. The van der Waals surface area contributed by atoms with Crippen LogP contribution in [0.25, 0.3) is 0 Å². The molecule has 1 unspecified atom stereocenters. The van der Waals surface area contributed by atoms with Crippen molar-refractivity contribution in [1.82, 2.24) is 4.98 Å². The molecule has 0 saturated carbocycles. The maximum absolute atomic E-state index is 12.0. The van der Waals surface area contributed by atoms with Crippen molar-refractivity contribution < 1.29 is 4.55 Å². The smallest absolute Gasteiger partial charge is 0.144 e. The van der Waals surface area contributed by atoms with Gasteiger partial charge in [-0.2, -0.15) is 0 Å². The molecule has 0 aliphatic rings. The highest BCUT2D eigenvalue weighted by Gasteiger charge is 2.28. The molecule has 1 aromatic rings. The van der Waals surface area contributed by atoms with Crippen LogP contribution in [0.5, 0.6) is 0 Å². The van der Waals surface area contributed by atoms with E-state index in [-0.39, 0.29) is 10.7 Å². The van der Waals surface area contributed by atoms with Crippen LogP contribution in [-0.4, -0.2) is 20.0 Å². The predicted molar refractivity (Wildman–Crippen MR) is 73.5 cm³/mol. The van der Waals surface area contributed by atoms with Gasteiger partial charge in [-0.25, -0.2) is 0 Å². The van der Waals surface area contributed by atoms with E-state index in [1.165, 1.54) is 0 Å². The third-order valence-corrected chi connectivity index (χ3v) is 3.59. The lowest BCUT2D eigenvalue weighted by atomic mass is 10.1. The quantitative estimate of drug-likeness (QED) is 0.613.